The molecule has 1 aliphatic rings. The zero-order valence-corrected chi connectivity index (χ0v) is 8.88. The number of Topliss-reactive ketones (excluding diaryl/α,β-unsaturated/α-hetero) is 1. The average Bonchev–Trinajstić information content (AvgIpc) is 2.25. The molecule has 0 saturated heterocycles. The minimum atomic E-state index is -2.44. The van der Waals surface area contributed by atoms with E-state index in [-0.39, 0.29) is 24.7 Å². The molecule has 0 aliphatic heterocycles. The second-order valence-corrected chi connectivity index (χ2v) is 4.02. The second-order valence-electron chi connectivity index (χ2n) is 4.02. The van der Waals surface area contributed by atoms with E-state index >= 15 is 0 Å². The Morgan fingerprint density at radius 1 is 1.27 bits per heavy atom. The summed E-state index contributed by atoms with van der Waals surface area (Å²) < 4.78 is 28.1. The number of carbonyl (C=O) groups excluding carboxylic acids is 1. The van der Waals surface area contributed by atoms with Crippen LogP contribution in [-0.4, -0.2) is 25.4 Å². The van der Waals surface area contributed by atoms with E-state index in [2.05, 4.69) is 4.74 Å². The van der Waals surface area contributed by atoms with Crippen molar-refractivity contribution in [3.63, 3.8) is 0 Å². The van der Waals surface area contributed by atoms with E-state index in [0.717, 1.165) is 25.7 Å². The monoisotopic (exact) mass is 220 g/mol. The Bertz CT molecular complexity index is 189. The van der Waals surface area contributed by atoms with Gasteiger partial charge in [-0.15, -0.1) is 0 Å². The number of halogens is 2. The fourth-order valence-corrected chi connectivity index (χ4v) is 1.97. The molecule has 2 nitrogen and oxygen atoms in total. The number of hydrogen-bond acceptors (Lipinski definition) is 2. The Kier molecular flexibility index (Phi) is 5.76. The molecule has 4 heteroatoms. The highest BCUT2D eigenvalue weighted by atomic mass is 19.3. The van der Waals surface area contributed by atoms with Gasteiger partial charge in [-0.2, -0.15) is 0 Å². The standard InChI is InChI=1S/C11H18F2O2/c12-11(13)8-15-7-6-10(14)9-4-2-1-3-5-9/h9,11H,1-8H2. The lowest BCUT2D eigenvalue weighted by atomic mass is 9.85. The van der Waals surface area contributed by atoms with Gasteiger partial charge in [-0.05, 0) is 12.8 Å². The maximum absolute atomic E-state index is 11.7. The molecule has 0 radical (unpaired) electrons. The Morgan fingerprint density at radius 2 is 1.93 bits per heavy atom. The van der Waals surface area contributed by atoms with Gasteiger partial charge in [-0.3, -0.25) is 4.79 Å². The average molecular weight is 220 g/mol. The number of rotatable bonds is 6. The van der Waals surface area contributed by atoms with Gasteiger partial charge < -0.3 is 4.74 Å². The predicted octanol–water partition coefficient (Wildman–Crippen LogP) is 2.81. The molecule has 15 heavy (non-hydrogen) atoms. The van der Waals surface area contributed by atoms with E-state index in [1.54, 1.807) is 0 Å². The van der Waals surface area contributed by atoms with Gasteiger partial charge in [-0.1, -0.05) is 19.3 Å². The van der Waals surface area contributed by atoms with Crippen LogP contribution in [0.4, 0.5) is 8.78 Å². The van der Waals surface area contributed by atoms with Crippen LogP contribution in [-0.2, 0) is 9.53 Å². The van der Waals surface area contributed by atoms with Crippen molar-refractivity contribution in [2.75, 3.05) is 13.2 Å². The second kappa shape index (κ2) is 6.88. The van der Waals surface area contributed by atoms with Gasteiger partial charge in [0.25, 0.3) is 6.43 Å². The van der Waals surface area contributed by atoms with Crippen LogP contribution in [0.3, 0.4) is 0 Å². The van der Waals surface area contributed by atoms with E-state index in [0.29, 0.717) is 0 Å². The van der Waals surface area contributed by atoms with E-state index in [4.69, 9.17) is 0 Å². The first-order chi connectivity index (χ1) is 7.20. The predicted molar refractivity (Wildman–Crippen MR) is 53.0 cm³/mol. The van der Waals surface area contributed by atoms with Crippen molar-refractivity contribution in [2.24, 2.45) is 5.92 Å². The lowest BCUT2D eigenvalue weighted by Crippen LogP contribution is -2.19. The molecule has 1 aliphatic carbocycles. The molecule has 1 saturated carbocycles. The van der Waals surface area contributed by atoms with Crippen LogP contribution in [0, 0.1) is 5.92 Å². The molecule has 0 bridgehead atoms. The maximum atomic E-state index is 11.7. The summed E-state index contributed by atoms with van der Waals surface area (Å²) >= 11 is 0. The topological polar surface area (TPSA) is 26.3 Å². The summed E-state index contributed by atoms with van der Waals surface area (Å²) in [5, 5.41) is 0. The molecule has 1 rings (SSSR count). The number of ether oxygens (including phenoxy) is 1. The molecule has 0 heterocycles. The molecule has 88 valence electrons. The van der Waals surface area contributed by atoms with Gasteiger partial charge in [0.2, 0.25) is 0 Å². The van der Waals surface area contributed by atoms with Crippen LogP contribution >= 0.6 is 0 Å². The zero-order chi connectivity index (χ0) is 11.1. The first-order valence-electron chi connectivity index (χ1n) is 5.58. The van der Waals surface area contributed by atoms with Crippen LogP contribution < -0.4 is 0 Å². The Morgan fingerprint density at radius 3 is 2.53 bits per heavy atom. The number of ketones is 1. The lowest BCUT2D eigenvalue weighted by Gasteiger charge is -2.20. The highest BCUT2D eigenvalue weighted by Gasteiger charge is 2.20. The summed E-state index contributed by atoms with van der Waals surface area (Å²) in [5.74, 6) is 0.345. The van der Waals surface area contributed by atoms with Crippen LogP contribution in [0.5, 0.6) is 0 Å². The third-order valence-corrected chi connectivity index (χ3v) is 2.80. The molecule has 0 spiro atoms. The molecule has 0 amide bonds. The summed E-state index contributed by atoms with van der Waals surface area (Å²) in [6.45, 7) is -0.419. The Hall–Kier alpha value is -0.510. The lowest BCUT2D eigenvalue weighted by molar-refractivity contribution is -0.125. The van der Waals surface area contributed by atoms with E-state index in [1.165, 1.54) is 6.42 Å². The fourth-order valence-electron chi connectivity index (χ4n) is 1.97. The summed E-state index contributed by atoms with van der Waals surface area (Å²) in [4.78, 5) is 11.6. The van der Waals surface area contributed by atoms with Crippen molar-refractivity contribution < 1.29 is 18.3 Å². The van der Waals surface area contributed by atoms with Crippen molar-refractivity contribution in [2.45, 2.75) is 45.0 Å². The van der Waals surface area contributed by atoms with Crippen molar-refractivity contribution in [1.82, 2.24) is 0 Å². The quantitative estimate of drug-likeness (QED) is 0.643. The molecule has 0 N–H and O–H groups in total. The van der Waals surface area contributed by atoms with Crippen molar-refractivity contribution in [3.8, 4) is 0 Å². The minimum absolute atomic E-state index is 0.139. The molecular formula is C11H18F2O2. The SMILES string of the molecule is O=C(CCOCC(F)F)C1CCCCC1. The van der Waals surface area contributed by atoms with Crippen molar-refractivity contribution in [1.29, 1.82) is 0 Å². The number of hydrogen-bond donors (Lipinski definition) is 0. The number of carbonyl (C=O) groups is 1. The minimum Gasteiger partial charge on any atom is -0.375 e. The molecule has 0 aromatic carbocycles. The van der Waals surface area contributed by atoms with Gasteiger partial charge in [-0.25, -0.2) is 8.78 Å². The van der Waals surface area contributed by atoms with Gasteiger partial charge >= 0.3 is 0 Å². The molecular weight excluding hydrogens is 202 g/mol. The van der Waals surface area contributed by atoms with Gasteiger partial charge in [0.1, 0.15) is 12.4 Å². The summed E-state index contributed by atoms with van der Waals surface area (Å²) in [6.07, 6.45) is 3.24. The normalized spacial score (nSPS) is 18.3. The highest BCUT2D eigenvalue weighted by Crippen LogP contribution is 2.25. The highest BCUT2D eigenvalue weighted by molar-refractivity contribution is 5.81. The largest absolute Gasteiger partial charge is 0.375 e. The Balaban J connectivity index is 2.07. The van der Waals surface area contributed by atoms with Gasteiger partial charge in [0.15, 0.2) is 0 Å². The van der Waals surface area contributed by atoms with Crippen LogP contribution in [0.25, 0.3) is 0 Å². The third kappa shape index (κ3) is 5.21. The van der Waals surface area contributed by atoms with E-state index in [1.807, 2.05) is 0 Å². The van der Waals surface area contributed by atoms with Crippen molar-refractivity contribution >= 4 is 5.78 Å². The zero-order valence-electron chi connectivity index (χ0n) is 8.88. The van der Waals surface area contributed by atoms with E-state index < -0.39 is 13.0 Å². The molecule has 1 fully saturated rings. The molecule has 0 unspecified atom stereocenters. The van der Waals surface area contributed by atoms with Crippen LogP contribution in [0.2, 0.25) is 0 Å². The molecule has 0 atom stereocenters. The van der Waals surface area contributed by atoms with Crippen LogP contribution in [0.15, 0.2) is 0 Å². The summed E-state index contributed by atoms with van der Waals surface area (Å²) in [6, 6.07) is 0. The Labute approximate surface area is 89.0 Å². The van der Waals surface area contributed by atoms with E-state index in [9.17, 15) is 13.6 Å². The molecule has 0 aromatic heterocycles. The third-order valence-electron chi connectivity index (χ3n) is 2.80. The van der Waals surface area contributed by atoms with Crippen molar-refractivity contribution in [3.05, 3.63) is 0 Å². The summed E-state index contributed by atoms with van der Waals surface area (Å²) in [7, 11) is 0. The summed E-state index contributed by atoms with van der Waals surface area (Å²) in [5.41, 5.74) is 0. The first kappa shape index (κ1) is 12.6. The van der Waals surface area contributed by atoms with Gasteiger partial charge in [0, 0.05) is 12.3 Å². The molecule has 0 aromatic rings. The maximum Gasteiger partial charge on any atom is 0.261 e. The first-order valence-corrected chi connectivity index (χ1v) is 5.58. The fraction of sp³-hybridized carbons (Fsp3) is 0.909. The van der Waals surface area contributed by atoms with Gasteiger partial charge in [0.05, 0.1) is 6.61 Å². The smallest absolute Gasteiger partial charge is 0.261 e. The number of alkyl halides is 2. The van der Waals surface area contributed by atoms with Crippen LogP contribution in [0.1, 0.15) is 38.5 Å².